The van der Waals surface area contributed by atoms with Gasteiger partial charge in [0.25, 0.3) is 0 Å². The summed E-state index contributed by atoms with van der Waals surface area (Å²) >= 11 is 3.16. The van der Waals surface area contributed by atoms with Crippen molar-refractivity contribution >= 4 is 38.8 Å². The Hall–Kier alpha value is -0.650. The smallest absolute Gasteiger partial charge is 0.148 e. The first-order valence-electron chi connectivity index (χ1n) is 3.58. The molecule has 0 spiro atoms. The number of thiophene rings is 1. The Labute approximate surface area is 77.8 Å². The second-order valence-corrected chi connectivity index (χ2v) is 3.88. The average molecular weight is 200 g/mol. The predicted octanol–water partition coefficient (Wildman–Crippen LogP) is 1.76. The number of aromatic nitrogens is 1. The third-order valence-electron chi connectivity index (χ3n) is 1.52. The second kappa shape index (κ2) is 3.38. The molecule has 2 rings (SSSR count). The topological polar surface area (TPSA) is 45.1 Å². The fourth-order valence-electron chi connectivity index (χ4n) is 0.974. The lowest BCUT2D eigenvalue weighted by molar-refractivity contribution is 0.311. The van der Waals surface area contributed by atoms with Gasteiger partial charge in [-0.3, -0.25) is 0 Å². The van der Waals surface area contributed by atoms with Crippen molar-refractivity contribution in [2.24, 2.45) is 0 Å². The van der Waals surface area contributed by atoms with Crippen molar-refractivity contribution in [3.8, 4) is 0 Å². The molecule has 64 valence electrons. The van der Waals surface area contributed by atoms with Crippen LogP contribution in [0.3, 0.4) is 0 Å². The summed E-state index contributed by atoms with van der Waals surface area (Å²) in [6, 6.07) is 0. The third kappa shape index (κ3) is 1.31. The van der Waals surface area contributed by atoms with Gasteiger partial charge in [0.2, 0.25) is 0 Å². The van der Waals surface area contributed by atoms with Crippen molar-refractivity contribution in [3.63, 3.8) is 0 Å². The minimum absolute atomic E-state index is 0.142. The summed E-state index contributed by atoms with van der Waals surface area (Å²) < 4.78 is 5.43. The minimum Gasteiger partial charge on any atom is -0.395 e. The highest BCUT2D eigenvalue weighted by Gasteiger charge is 2.04. The molecule has 0 fully saturated rings. The third-order valence-corrected chi connectivity index (χ3v) is 3.22. The number of fused-ring (bicyclic) bond motifs is 1. The molecular formula is C7H8N2OS2. The Kier molecular flexibility index (Phi) is 2.25. The maximum Gasteiger partial charge on any atom is 0.148 e. The van der Waals surface area contributed by atoms with Crippen LogP contribution < -0.4 is 5.32 Å². The number of anilines is 1. The van der Waals surface area contributed by atoms with Gasteiger partial charge >= 0.3 is 0 Å². The second-order valence-electron chi connectivity index (χ2n) is 2.33. The lowest BCUT2D eigenvalue weighted by atomic mass is 10.4. The number of aliphatic hydroxyl groups excluding tert-OH is 1. The monoisotopic (exact) mass is 200 g/mol. The van der Waals surface area contributed by atoms with Crippen molar-refractivity contribution in [1.82, 2.24) is 4.37 Å². The number of hydrogen-bond acceptors (Lipinski definition) is 5. The highest BCUT2D eigenvalue weighted by atomic mass is 32.1. The first kappa shape index (κ1) is 7.97. The van der Waals surface area contributed by atoms with Crippen LogP contribution in [0.4, 0.5) is 5.82 Å². The van der Waals surface area contributed by atoms with Crippen molar-refractivity contribution in [2.45, 2.75) is 0 Å². The lowest BCUT2D eigenvalue weighted by Crippen LogP contribution is -2.05. The summed E-state index contributed by atoms with van der Waals surface area (Å²) in [5, 5.41) is 17.0. The zero-order chi connectivity index (χ0) is 8.39. The zero-order valence-electron chi connectivity index (χ0n) is 6.28. The standard InChI is InChI=1S/C7H8N2OS2/c10-2-1-8-7-5-3-11-4-6(5)12-9-7/h3-4,10H,1-2H2,(H,8,9). The van der Waals surface area contributed by atoms with Crippen LogP contribution in [-0.4, -0.2) is 22.6 Å². The van der Waals surface area contributed by atoms with Crippen LogP contribution in [0.5, 0.6) is 0 Å². The van der Waals surface area contributed by atoms with E-state index < -0.39 is 0 Å². The van der Waals surface area contributed by atoms with Crippen LogP contribution >= 0.6 is 22.9 Å². The Morgan fingerprint density at radius 3 is 3.25 bits per heavy atom. The fraction of sp³-hybridized carbons (Fsp3) is 0.286. The van der Waals surface area contributed by atoms with Gasteiger partial charge in [-0.1, -0.05) is 0 Å². The quantitative estimate of drug-likeness (QED) is 0.793. The van der Waals surface area contributed by atoms with Crippen molar-refractivity contribution in [1.29, 1.82) is 0 Å². The summed E-state index contributed by atoms with van der Waals surface area (Å²) in [6.07, 6.45) is 0. The van der Waals surface area contributed by atoms with Gasteiger partial charge in [0.15, 0.2) is 0 Å². The van der Waals surface area contributed by atoms with Crippen molar-refractivity contribution < 1.29 is 5.11 Å². The summed E-state index contributed by atoms with van der Waals surface area (Å²) in [5.74, 6) is 0.894. The predicted molar refractivity (Wildman–Crippen MR) is 53.1 cm³/mol. The molecule has 3 nitrogen and oxygen atoms in total. The highest BCUT2D eigenvalue weighted by Crippen LogP contribution is 2.29. The Morgan fingerprint density at radius 2 is 2.42 bits per heavy atom. The van der Waals surface area contributed by atoms with E-state index in [9.17, 15) is 0 Å². The largest absolute Gasteiger partial charge is 0.395 e. The van der Waals surface area contributed by atoms with Crippen LogP contribution in [0.15, 0.2) is 10.8 Å². The van der Waals surface area contributed by atoms with E-state index in [1.54, 1.807) is 11.3 Å². The van der Waals surface area contributed by atoms with E-state index in [2.05, 4.69) is 20.5 Å². The van der Waals surface area contributed by atoms with Crippen LogP contribution in [0.2, 0.25) is 0 Å². The van der Waals surface area contributed by atoms with E-state index in [-0.39, 0.29) is 6.61 Å². The van der Waals surface area contributed by atoms with Crippen molar-refractivity contribution in [3.05, 3.63) is 10.8 Å². The van der Waals surface area contributed by atoms with E-state index in [0.29, 0.717) is 6.54 Å². The molecule has 0 radical (unpaired) electrons. The zero-order valence-corrected chi connectivity index (χ0v) is 7.91. The van der Waals surface area contributed by atoms with Gasteiger partial charge in [0, 0.05) is 22.7 Å². The maximum absolute atomic E-state index is 8.60. The SMILES string of the molecule is OCCNc1nsc2cscc12. The van der Waals surface area contributed by atoms with Gasteiger partial charge in [0.05, 0.1) is 11.3 Å². The molecule has 2 aromatic rings. The lowest BCUT2D eigenvalue weighted by Gasteiger charge is -1.97. The van der Waals surface area contributed by atoms with E-state index in [0.717, 1.165) is 5.82 Å². The van der Waals surface area contributed by atoms with Crippen LogP contribution in [-0.2, 0) is 0 Å². The first-order valence-corrected chi connectivity index (χ1v) is 5.30. The molecule has 0 amide bonds. The summed E-state index contributed by atoms with van der Waals surface area (Å²) in [4.78, 5) is 0. The van der Waals surface area contributed by atoms with Crippen molar-refractivity contribution in [2.75, 3.05) is 18.5 Å². The molecule has 0 saturated carbocycles. The van der Waals surface area contributed by atoms with E-state index >= 15 is 0 Å². The summed E-state index contributed by atoms with van der Waals surface area (Å²) in [6.45, 7) is 0.706. The molecule has 0 atom stereocenters. The molecule has 5 heteroatoms. The molecule has 2 heterocycles. The fourth-order valence-corrected chi connectivity index (χ4v) is 2.69. The number of hydrogen-bond donors (Lipinski definition) is 2. The van der Waals surface area contributed by atoms with Crippen LogP contribution in [0.25, 0.3) is 10.1 Å². The van der Waals surface area contributed by atoms with E-state index in [1.165, 1.54) is 21.6 Å². The molecule has 0 saturated heterocycles. The molecule has 12 heavy (non-hydrogen) atoms. The number of nitrogens with one attached hydrogen (secondary N) is 1. The molecule has 2 N–H and O–H groups in total. The Balaban J connectivity index is 2.28. The maximum atomic E-state index is 8.60. The normalized spacial score (nSPS) is 10.8. The molecule has 0 bridgehead atoms. The molecule has 0 aliphatic rings. The molecule has 2 aromatic heterocycles. The summed E-state index contributed by atoms with van der Waals surface area (Å²) in [7, 11) is 0. The van der Waals surface area contributed by atoms with E-state index in [4.69, 9.17) is 5.11 Å². The van der Waals surface area contributed by atoms with Crippen LogP contribution in [0, 0.1) is 0 Å². The first-order chi connectivity index (χ1) is 5.92. The van der Waals surface area contributed by atoms with Gasteiger partial charge in [-0.2, -0.15) is 15.7 Å². The van der Waals surface area contributed by atoms with E-state index in [1.807, 2.05) is 0 Å². The van der Waals surface area contributed by atoms with Crippen LogP contribution in [0.1, 0.15) is 0 Å². The molecule has 0 aliphatic carbocycles. The molecular weight excluding hydrogens is 192 g/mol. The highest BCUT2D eigenvalue weighted by molar-refractivity contribution is 7.19. The Morgan fingerprint density at radius 1 is 1.50 bits per heavy atom. The minimum atomic E-state index is 0.142. The van der Waals surface area contributed by atoms with Gasteiger partial charge in [0.1, 0.15) is 5.82 Å². The summed E-state index contributed by atoms with van der Waals surface area (Å²) in [5.41, 5.74) is 0. The molecule has 0 unspecified atom stereocenters. The molecule has 0 aromatic carbocycles. The Bertz CT molecular complexity index is 368. The average Bonchev–Trinajstić information content (AvgIpc) is 2.62. The number of nitrogens with zero attached hydrogens (tertiary/aromatic N) is 1. The van der Waals surface area contributed by atoms with Gasteiger partial charge in [-0.15, -0.1) is 0 Å². The number of rotatable bonds is 3. The number of aliphatic hydroxyl groups is 1. The van der Waals surface area contributed by atoms with Gasteiger partial charge in [-0.25, -0.2) is 0 Å². The van der Waals surface area contributed by atoms with Gasteiger partial charge in [-0.05, 0) is 11.5 Å². The molecule has 0 aliphatic heterocycles. The van der Waals surface area contributed by atoms with Gasteiger partial charge < -0.3 is 10.4 Å².